The Kier molecular flexibility index (Phi) is 5.45. The maximum atomic E-state index is 13.0. The van der Waals surface area contributed by atoms with Gasteiger partial charge < -0.3 is 22.0 Å². The number of imide groups is 1. The number of carbonyl (C=O) groups is 4. The zero-order chi connectivity index (χ0) is 20.4. The molecule has 1 saturated heterocycles. The van der Waals surface area contributed by atoms with E-state index in [0.717, 1.165) is 11.9 Å². The number of hydrazone groups is 1. The van der Waals surface area contributed by atoms with Gasteiger partial charge in [0.1, 0.15) is 11.6 Å². The van der Waals surface area contributed by atoms with Gasteiger partial charge >= 0.3 is 12.0 Å². The number of nitrogens with two attached hydrogens (primary N) is 2. The molecular weight excluding hydrogens is 356 g/mol. The summed E-state index contributed by atoms with van der Waals surface area (Å²) in [7, 11) is 0. The van der Waals surface area contributed by atoms with Crippen molar-refractivity contribution in [2.45, 2.75) is 25.4 Å². The van der Waals surface area contributed by atoms with E-state index < -0.39 is 41.9 Å². The van der Waals surface area contributed by atoms with Crippen LogP contribution in [-0.2, 0) is 19.9 Å². The van der Waals surface area contributed by atoms with Gasteiger partial charge in [0.2, 0.25) is 5.91 Å². The first kappa shape index (κ1) is 19.8. The van der Waals surface area contributed by atoms with Crippen LogP contribution in [0.4, 0.5) is 4.79 Å². The Balaban J connectivity index is 2.36. The number of carboxylic acid groups (broad SMARTS) is 1. The normalized spacial score (nSPS) is 20.6. The number of nitrogens with zero attached hydrogens (tertiary/aromatic N) is 3. The van der Waals surface area contributed by atoms with Gasteiger partial charge in [-0.2, -0.15) is 10.1 Å². The molecule has 11 heteroatoms. The number of benzene rings is 1. The molecule has 4 amide bonds. The molecule has 0 bridgehead atoms. The van der Waals surface area contributed by atoms with Gasteiger partial charge in [-0.3, -0.25) is 14.4 Å². The topological polar surface area (TPSA) is 171 Å². The summed E-state index contributed by atoms with van der Waals surface area (Å²) in [6, 6.07) is 4.21. The Morgan fingerprint density at radius 3 is 2.44 bits per heavy atom. The Bertz CT molecular complexity index is 808. The zero-order valence-corrected chi connectivity index (χ0v) is 14.7. The van der Waals surface area contributed by atoms with E-state index in [1.54, 1.807) is 24.3 Å². The molecule has 1 aromatic carbocycles. The number of nitrogens with one attached hydrogen (secondary N) is 1. The number of hydrazine groups is 1. The highest BCUT2D eigenvalue weighted by atomic mass is 16.4. The van der Waals surface area contributed by atoms with Crippen molar-refractivity contribution < 1.29 is 24.3 Å². The van der Waals surface area contributed by atoms with Crippen LogP contribution in [0, 0.1) is 0 Å². The second-order valence-electron chi connectivity index (χ2n) is 6.12. The minimum Gasteiger partial charge on any atom is -0.480 e. The summed E-state index contributed by atoms with van der Waals surface area (Å²) < 4.78 is 0. The van der Waals surface area contributed by atoms with E-state index in [-0.39, 0.29) is 0 Å². The molecule has 0 saturated carbocycles. The molecule has 1 aromatic rings. The van der Waals surface area contributed by atoms with Crippen molar-refractivity contribution in [1.82, 2.24) is 15.3 Å². The maximum Gasteiger partial charge on any atom is 0.344 e. The van der Waals surface area contributed by atoms with Crippen molar-refractivity contribution >= 4 is 30.0 Å². The van der Waals surface area contributed by atoms with E-state index in [0.29, 0.717) is 16.1 Å². The van der Waals surface area contributed by atoms with Crippen molar-refractivity contribution in [3.05, 3.63) is 35.4 Å². The molecular formula is C16H20N6O5. The Morgan fingerprint density at radius 1 is 1.37 bits per heavy atom. The Hall–Kier alpha value is -3.47. The molecule has 6 N–H and O–H groups in total. The van der Waals surface area contributed by atoms with E-state index >= 15 is 0 Å². The molecule has 144 valence electrons. The van der Waals surface area contributed by atoms with Crippen LogP contribution in [0.3, 0.4) is 0 Å². The summed E-state index contributed by atoms with van der Waals surface area (Å²) in [6.45, 7) is 2.05. The molecule has 0 aliphatic carbocycles. The fraction of sp³-hybridized carbons (Fsp3) is 0.312. The van der Waals surface area contributed by atoms with Crippen LogP contribution in [0.1, 0.15) is 25.0 Å². The summed E-state index contributed by atoms with van der Waals surface area (Å²) in [5, 5.41) is 16.2. The highest BCUT2D eigenvalue weighted by molar-refractivity contribution is 6.08. The third kappa shape index (κ3) is 3.72. The van der Waals surface area contributed by atoms with E-state index in [1.165, 1.54) is 13.1 Å². The quantitative estimate of drug-likeness (QED) is 0.212. The first-order valence-electron chi connectivity index (χ1n) is 7.88. The van der Waals surface area contributed by atoms with Crippen LogP contribution in [0.15, 0.2) is 29.4 Å². The van der Waals surface area contributed by atoms with Crippen LogP contribution in [0.2, 0.25) is 0 Å². The van der Waals surface area contributed by atoms with Crippen molar-refractivity contribution in [1.29, 1.82) is 0 Å². The Labute approximate surface area is 154 Å². The van der Waals surface area contributed by atoms with Gasteiger partial charge in [0.25, 0.3) is 5.91 Å². The lowest BCUT2D eigenvalue weighted by molar-refractivity contribution is -0.157. The second kappa shape index (κ2) is 7.41. The summed E-state index contributed by atoms with van der Waals surface area (Å²) >= 11 is 0. The molecule has 11 nitrogen and oxygen atoms in total. The third-order valence-corrected chi connectivity index (χ3v) is 4.17. The summed E-state index contributed by atoms with van der Waals surface area (Å²) in [5.41, 5.74) is 5.16. The molecule has 0 radical (unpaired) electrons. The van der Waals surface area contributed by atoms with Gasteiger partial charge in [0.05, 0.1) is 12.8 Å². The van der Waals surface area contributed by atoms with Crippen molar-refractivity contribution in [2.24, 2.45) is 16.7 Å². The first-order chi connectivity index (χ1) is 12.6. The number of aliphatic carboxylic acids is 1. The minimum atomic E-state index is -1.46. The average molecular weight is 376 g/mol. The van der Waals surface area contributed by atoms with Crippen LogP contribution in [-0.4, -0.2) is 57.7 Å². The number of carbonyl (C=O) groups excluding carboxylic acids is 3. The Morgan fingerprint density at radius 2 is 1.96 bits per heavy atom. The zero-order valence-electron chi connectivity index (χ0n) is 14.7. The highest BCUT2D eigenvalue weighted by Gasteiger charge is 2.52. The summed E-state index contributed by atoms with van der Waals surface area (Å²) in [5.74, 6) is 2.29. The number of rotatable bonds is 6. The first-order valence-corrected chi connectivity index (χ1v) is 7.88. The van der Waals surface area contributed by atoms with Crippen LogP contribution < -0.4 is 16.9 Å². The minimum absolute atomic E-state index is 0.462. The third-order valence-electron chi connectivity index (χ3n) is 4.17. The molecule has 2 rings (SSSR count). The number of hydrogen-bond acceptors (Lipinski definition) is 7. The van der Waals surface area contributed by atoms with Gasteiger partial charge in [-0.05, 0) is 18.1 Å². The molecule has 1 aliphatic heterocycles. The lowest BCUT2D eigenvalue weighted by atomic mass is 9.91. The van der Waals surface area contributed by atoms with Crippen molar-refractivity contribution in [3.8, 4) is 0 Å². The fourth-order valence-corrected chi connectivity index (χ4v) is 2.64. The molecule has 0 unspecified atom stereocenters. The number of hydrogen-bond donors (Lipinski definition) is 4. The maximum absolute atomic E-state index is 13.0. The molecule has 27 heavy (non-hydrogen) atoms. The molecule has 1 aliphatic rings. The van der Waals surface area contributed by atoms with Crippen LogP contribution in [0.5, 0.6) is 0 Å². The van der Waals surface area contributed by atoms with Gasteiger partial charge in [0.15, 0.2) is 0 Å². The molecule has 1 fully saturated rings. The second-order valence-corrected chi connectivity index (χ2v) is 6.12. The van der Waals surface area contributed by atoms with Gasteiger partial charge in [-0.1, -0.05) is 24.3 Å². The predicted molar refractivity (Wildman–Crippen MR) is 94.0 cm³/mol. The van der Waals surface area contributed by atoms with E-state index in [2.05, 4.69) is 10.4 Å². The number of amides is 4. The molecule has 2 atom stereocenters. The molecule has 1 heterocycles. The van der Waals surface area contributed by atoms with Gasteiger partial charge in [0, 0.05) is 6.92 Å². The largest absolute Gasteiger partial charge is 0.480 e. The number of urea groups is 1. The van der Waals surface area contributed by atoms with Gasteiger partial charge in [-0.15, -0.1) is 0 Å². The summed E-state index contributed by atoms with van der Waals surface area (Å²) in [6.07, 6.45) is 1.41. The number of carboxylic acids is 1. The predicted octanol–water partition coefficient (Wildman–Crippen LogP) is -1.08. The smallest absolute Gasteiger partial charge is 0.344 e. The van der Waals surface area contributed by atoms with Gasteiger partial charge in [-0.25, -0.2) is 9.80 Å². The standard InChI is InChI=1S/C16H20N6O5/c1-9(23)21(8-12(17)13(24)25)22-14(26)16(2,20-15(22)27)11-5-3-10(4-6-11)7-19-18/h3-7,12H,8,17-18H2,1-2H3,(H,20,27)(H,24,25)/t12-,16+/m0/s1. The van der Waals surface area contributed by atoms with E-state index in [4.69, 9.17) is 16.7 Å². The highest BCUT2D eigenvalue weighted by Crippen LogP contribution is 2.30. The van der Waals surface area contributed by atoms with Crippen LogP contribution in [0.25, 0.3) is 0 Å². The molecule has 0 aromatic heterocycles. The van der Waals surface area contributed by atoms with Crippen LogP contribution >= 0.6 is 0 Å². The molecule has 0 spiro atoms. The summed E-state index contributed by atoms with van der Waals surface area (Å²) in [4.78, 5) is 48.3. The lowest BCUT2D eigenvalue weighted by Crippen LogP contribution is -2.55. The van der Waals surface area contributed by atoms with E-state index in [9.17, 15) is 19.2 Å². The van der Waals surface area contributed by atoms with E-state index in [1.807, 2.05) is 0 Å². The lowest BCUT2D eigenvalue weighted by Gasteiger charge is -2.30. The monoisotopic (exact) mass is 376 g/mol. The van der Waals surface area contributed by atoms with Crippen molar-refractivity contribution in [3.63, 3.8) is 0 Å². The van der Waals surface area contributed by atoms with Crippen molar-refractivity contribution in [2.75, 3.05) is 6.54 Å². The fourth-order valence-electron chi connectivity index (χ4n) is 2.64. The average Bonchev–Trinajstić information content (AvgIpc) is 2.83. The SMILES string of the molecule is CC(=O)N(C[C@H](N)C(=O)O)N1C(=O)N[C@](C)(c2ccc(C=NN)cc2)C1=O.